The second kappa shape index (κ2) is 24.6. The van der Waals surface area contributed by atoms with Crippen LogP contribution < -0.4 is 0 Å². The zero-order chi connectivity index (χ0) is 18.3. The smallest absolute Gasteiger partial charge is 0.0402 e. The molecule has 1 nitrogen and oxygen atoms in total. The molecule has 0 fully saturated rings. The first-order chi connectivity index (χ1) is 11.4. The summed E-state index contributed by atoms with van der Waals surface area (Å²) < 4.78 is 0. The molecule has 0 saturated heterocycles. The first-order valence-electron chi connectivity index (χ1n) is 7.55. The van der Waals surface area contributed by atoms with Gasteiger partial charge in [0.15, 0.2) is 0 Å². The largest absolute Gasteiger partial charge is 0.397 e. The second-order valence-electron chi connectivity index (χ2n) is 3.79. The number of aliphatic hydroxyl groups excluding tert-OH is 1. The Hall–Kier alpha value is -2.38. The second-order valence-corrected chi connectivity index (χ2v) is 3.79. The summed E-state index contributed by atoms with van der Waals surface area (Å²) in [5.74, 6) is 0. The highest BCUT2D eigenvalue weighted by molar-refractivity contribution is 5.19. The van der Waals surface area contributed by atoms with Crippen LogP contribution in [0.4, 0.5) is 0 Å². The van der Waals surface area contributed by atoms with E-state index in [2.05, 4.69) is 100 Å². The zero-order valence-electron chi connectivity index (χ0n) is 14.6. The molecule has 0 amide bonds. The summed E-state index contributed by atoms with van der Waals surface area (Å²) in [5.41, 5.74) is 2.83. The van der Waals surface area contributed by atoms with E-state index in [4.69, 9.17) is 5.11 Å². The van der Waals surface area contributed by atoms with Gasteiger partial charge in [-0.3, -0.25) is 0 Å². The van der Waals surface area contributed by atoms with Crippen LogP contribution in [0.5, 0.6) is 0 Å². The van der Waals surface area contributed by atoms with Crippen LogP contribution in [0, 0.1) is 0 Å². The van der Waals surface area contributed by atoms with E-state index >= 15 is 0 Å². The van der Waals surface area contributed by atoms with Crippen molar-refractivity contribution in [3.05, 3.63) is 111 Å². The Morgan fingerprint density at radius 2 is 0.826 bits per heavy atom. The van der Waals surface area contributed by atoms with Crippen molar-refractivity contribution in [3.63, 3.8) is 0 Å². The molecule has 0 aromatic heterocycles. The van der Waals surface area contributed by atoms with Crippen LogP contribution in [0.3, 0.4) is 0 Å². The minimum absolute atomic E-state index is 0.250. The summed E-state index contributed by atoms with van der Waals surface area (Å²) in [6, 6.07) is 21.2. The van der Waals surface area contributed by atoms with E-state index in [9.17, 15) is 0 Å². The molecule has 2 aromatic rings. The zero-order valence-corrected chi connectivity index (χ0v) is 14.6. The Bertz CT molecular complexity index is 378. The predicted octanol–water partition coefficient (Wildman–Crippen LogP) is 5.88. The molecule has 0 radical (unpaired) electrons. The van der Waals surface area contributed by atoms with Gasteiger partial charge in [-0.1, -0.05) is 60.7 Å². The van der Waals surface area contributed by atoms with Gasteiger partial charge >= 0.3 is 0 Å². The first kappa shape index (κ1) is 25.6. The molecule has 0 aliphatic heterocycles. The van der Waals surface area contributed by atoms with Gasteiger partial charge in [0, 0.05) is 6.61 Å². The van der Waals surface area contributed by atoms with Gasteiger partial charge in [0.2, 0.25) is 0 Å². The quantitative estimate of drug-likeness (QED) is 0.702. The van der Waals surface area contributed by atoms with Gasteiger partial charge in [-0.25, -0.2) is 0 Å². The molecule has 1 N–H and O–H groups in total. The SMILES string of the molecule is C=C.C=C.C=C.CCO.c1ccc(CCc2ccccc2)cc1. The molecule has 0 unspecified atom stereocenters. The normalized spacial score (nSPS) is 7.39. The molecule has 0 heterocycles. The Morgan fingerprint density at radius 3 is 1.04 bits per heavy atom. The molecule has 0 aliphatic carbocycles. The van der Waals surface area contributed by atoms with Crippen molar-refractivity contribution in [2.45, 2.75) is 19.8 Å². The maximum atomic E-state index is 7.57. The van der Waals surface area contributed by atoms with Crippen LogP contribution >= 0.6 is 0 Å². The van der Waals surface area contributed by atoms with E-state index in [-0.39, 0.29) is 6.61 Å². The van der Waals surface area contributed by atoms with Gasteiger partial charge in [0.25, 0.3) is 0 Å². The van der Waals surface area contributed by atoms with Gasteiger partial charge in [0.05, 0.1) is 0 Å². The number of aliphatic hydroxyl groups is 1. The van der Waals surface area contributed by atoms with E-state index in [0.29, 0.717) is 0 Å². The van der Waals surface area contributed by atoms with Crippen molar-refractivity contribution >= 4 is 0 Å². The van der Waals surface area contributed by atoms with E-state index in [0.717, 1.165) is 12.8 Å². The molecule has 0 aliphatic rings. The lowest BCUT2D eigenvalue weighted by Crippen LogP contribution is -1.89. The number of hydrogen-bond acceptors (Lipinski definition) is 1. The molecule has 2 rings (SSSR count). The van der Waals surface area contributed by atoms with Gasteiger partial charge in [0.1, 0.15) is 0 Å². The van der Waals surface area contributed by atoms with Crippen molar-refractivity contribution in [1.82, 2.24) is 0 Å². The average molecular weight is 312 g/mol. The third-order valence-corrected chi connectivity index (χ3v) is 2.39. The van der Waals surface area contributed by atoms with Gasteiger partial charge < -0.3 is 5.11 Å². The van der Waals surface area contributed by atoms with Crippen molar-refractivity contribution in [2.24, 2.45) is 0 Å². The van der Waals surface area contributed by atoms with Gasteiger partial charge in [-0.2, -0.15) is 0 Å². The summed E-state index contributed by atoms with van der Waals surface area (Å²) in [4.78, 5) is 0. The van der Waals surface area contributed by atoms with E-state index in [1.165, 1.54) is 11.1 Å². The molecule has 0 atom stereocenters. The average Bonchev–Trinajstić information content (AvgIpc) is 2.67. The minimum atomic E-state index is 0.250. The molecule has 1 heteroatoms. The van der Waals surface area contributed by atoms with Crippen molar-refractivity contribution in [1.29, 1.82) is 0 Å². The summed E-state index contributed by atoms with van der Waals surface area (Å²) in [7, 11) is 0. The Morgan fingerprint density at radius 1 is 0.609 bits per heavy atom. The lowest BCUT2D eigenvalue weighted by atomic mass is 10.0. The highest BCUT2D eigenvalue weighted by atomic mass is 16.2. The highest BCUT2D eigenvalue weighted by Gasteiger charge is 1.93. The summed E-state index contributed by atoms with van der Waals surface area (Å²) in [5, 5.41) is 7.57. The topological polar surface area (TPSA) is 20.2 Å². The molecule has 0 saturated carbocycles. The molecule has 2 aromatic carbocycles. The third-order valence-electron chi connectivity index (χ3n) is 2.39. The molecule has 0 bridgehead atoms. The summed E-state index contributed by atoms with van der Waals surface area (Å²) in [6.45, 7) is 19.9. The van der Waals surface area contributed by atoms with Crippen LogP contribution in [-0.4, -0.2) is 11.7 Å². The fourth-order valence-corrected chi connectivity index (χ4v) is 1.58. The lowest BCUT2D eigenvalue weighted by Gasteiger charge is -2.01. The number of rotatable bonds is 3. The summed E-state index contributed by atoms with van der Waals surface area (Å²) >= 11 is 0. The lowest BCUT2D eigenvalue weighted by molar-refractivity contribution is 0.318. The molecular weight excluding hydrogens is 280 g/mol. The van der Waals surface area contributed by atoms with Crippen LogP contribution in [0.15, 0.2) is 100 Å². The molecule has 126 valence electrons. The molecular formula is C22H32O. The third kappa shape index (κ3) is 17.6. The fourth-order valence-electron chi connectivity index (χ4n) is 1.58. The van der Waals surface area contributed by atoms with E-state index in [1.54, 1.807) is 6.92 Å². The van der Waals surface area contributed by atoms with Crippen molar-refractivity contribution in [2.75, 3.05) is 6.61 Å². The van der Waals surface area contributed by atoms with Crippen LogP contribution in [-0.2, 0) is 12.8 Å². The van der Waals surface area contributed by atoms with Crippen LogP contribution in [0.2, 0.25) is 0 Å². The fraction of sp³-hybridized carbons (Fsp3) is 0.182. The molecule has 0 spiro atoms. The minimum Gasteiger partial charge on any atom is -0.397 e. The maximum Gasteiger partial charge on any atom is 0.0402 e. The Labute approximate surface area is 143 Å². The number of aryl methyl sites for hydroxylation is 2. The van der Waals surface area contributed by atoms with Crippen molar-refractivity contribution < 1.29 is 5.11 Å². The van der Waals surface area contributed by atoms with Crippen LogP contribution in [0.1, 0.15) is 18.1 Å². The highest BCUT2D eigenvalue weighted by Crippen LogP contribution is 2.06. The van der Waals surface area contributed by atoms with E-state index < -0.39 is 0 Å². The summed E-state index contributed by atoms with van der Waals surface area (Å²) in [6.07, 6.45) is 2.26. The predicted molar refractivity (Wildman–Crippen MR) is 107 cm³/mol. The molecule has 23 heavy (non-hydrogen) atoms. The van der Waals surface area contributed by atoms with Crippen molar-refractivity contribution in [3.8, 4) is 0 Å². The van der Waals surface area contributed by atoms with Gasteiger partial charge in [-0.15, -0.1) is 39.5 Å². The monoisotopic (exact) mass is 312 g/mol. The Balaban J connectivity index is -0.000000382. The standard InChI is InChI=1S/C14H14.C2H6O.3C2H4/c1-3-7-13(8-4-1)11-12-14-9-5-2-6-10-14;1-2-3;3*1-2/h1-10H,11-12H2;3H,2H2,1H3;3*1-2H2. The Kier molecular flexibility index (Phi) is 27.4. The first-order valence-corrected chi connectivity index (χ1v) is 7.55. The van der Waals surface area contributed by atoms with Gasteiger partial charge in [-0.05, 0) is 30.9 Å². The number of benzene rings is 2. The van der Waals surface area contributed by atoms with E-state index in [1.807, 2.05) is 0 Å². The maximum absolute atomic E-state index is 7.57. The van der Waals surface area contributed by atoms with Crippen LogP contribution in [0.25, 0.3) is 0 Å². The number of hydrogen-bond donors (Lipinski definition) is 1.